The zero-order valence-corrected chi connectivity index (χ0v) is 15.8. The third-order valence-electron chi connectivity index (χ3n) is 4.84. The molecule has 0 saturated carbocycles. The summed E-state index contributed by atoms with van der Waals surface area (Å²) >= 11 is 0. The largest absolute Gasteiger partial charge is 0.340 e. The molecule has 5 heteroatoms. The fourth-order valence-electron chi connectivity index (χ4n) is 3.39. The summed E-state index contributed by atoms with van der Waals surface area (Å²) in [6.07, 6.45) is 2.74. The third kappa shape index (κ3) is 5.30. The number of aryl methyl sites for hydroxylation is 1. The molecular formula is C20H31N3O2. The lowest BCUT2D eigenvalue weighted by Gasteiger charge is -2.35. The molecule has 1 aromatic rings. The van der Waals surface area contributed by atoms with E-state index in [0.717, 1.165) is 24.9 Å². The molecule has 1 heterocycles. The number of amides is 2. The van der Waals surface area contributed by atoms with E-state index in [0.29, 0.717) is 30.5 Å². The smallest absolute Gasteiger partial charge is 0.252 e. The van der Waals surface area contributed by atoms with Crippen molar-refractivity contribution in [1.82, 2.24) is 15.5 Å². The highest BCUT2D eigenvalue weighted by Crippen LogP contribution is 2.15. The van der Waals surface area contributed by atoms with E-state index in [-0.39, 0.29) is 11.8 Å². The van der Waals surface area contributed by atoms with E-state index in [1.165, 1.54) is 0 Å². The highest BCUT2D eigenvalue weighted by Gasteiger charge is 2.30. The van der Waals surface area contributed by atoms with Gasteiger partial charge in [-0.05, 0) is 50.8 Å². The van der Waals surface area contributed by atoms with Crippen LogP contribution in [0.4, 0.5) is 0 Å². The number of nitrogens with zero attached hydrogens (tertiary/aromatic N) is 1. The standard InChI is InChI=1S/C20H31N3O2/c1-14(2)12-18(20(25)23-11-7-9-16(13-23)21-4)22-19(24)17-10-6-5-8-15(17)3/h5-6,8,10,14,16,18,21H,7,9,11-13H2,1-4H3,(H,22,24). The molecule has 2 unspecified atom stereocenters. The Morgan fingerprint density at radius 2 is 2.00 bits per heavy atom. The van der Waals surface area contributed by atoms with Crippen LogP contribution in [0.2, 0.25) is 0 Å². The van der Waals surface area contributed by atoms with E-state index in [1.54, 1.807) is 6.07 Å². The summed E-state index contributed by atoms with van der Waals surface area (Å²) in [6, 6.07) is 7.35. The molecule has 0 spiro atoms. The van der Waals surface area contributed by atoms with Crippen LogP contribution in [-0.2, 0) is 4.79 Å². The second-order valence-corrected chi connectivity index (χ2v) is 7.38. The zero-order valence-electron chi connectivity index (χ0n) is 15.8. The van der Waals surface area contributed by atoms with E-state index in [9.17, 15) is 9.59 Å². The lowest BCUT2D eigenvalue weighted by Crippen LogP contribution is -2.54. The van der Waals surface area contributed by atoms with E-state index < -0.39 is 6.04 Å². The van der Waals surface area contributed by atoms with Crippen molar-refractivity contribution < 1.29 is 9.59 Å². The molecule has 138 valence electrons. The van der Waals surface area contributed by atoms with Crippen LogP contribution in [0, 0.1) is 12.8 Å². The number of rotatable bonds is 6. The van der Waals surface area contributed by atoms with Gasteiger partial charge in [-0.1, -0.05) is 32.0 Å². The van der Waals surface area contributed by atoms with Gasteiger partial charge in [0.05, 0.1) is 0 Å². The number of benzene rings is 1. The first-order chi connectivity index (χ1) is 11.9. The molecule has 0 aromatic heterocycles. The van der Waals surface area contributed by atoms with Crippen molar-refractivity contribution in [3.63, 3.8) is 0 Å². The average molecular weight is 345 g/mol. The van der Waals surface area contributed by atoms with Crippen molar-refractivity contribution in [2.75, 3.05) is 20.1 Å². The first kappa shape index (κ1) is 19.4. The maximum Gasteiger partial charge on any atom is 0.252 e. The lowest BCUT2D eigenvalue weighted by atomic mass is 9.99. The van der Waals surface area contributed by atoms with Gasteiger partial charge < -0.3 is 15.5 Å². The van der Waals surface area contributed by atoms with E-state index in [1.807, 2.05) is 37.1 Å². The molecule has 2 atom stereocenters. The molecular weight excluding hydrogens is 314 g/mol. The zero-order chi connectivity index (χ0) is 18.4. The minimum atomic E-state index is -0.470. The quantitative estimate of drug-likeness (QED) is 0.832. The van der Waals surface area contributed by atoms with Gasteiger partial charge in [-0.15, -0.1) is 0 Å². The van der Waals surface area contributed by atoms with Crippen LogP contribution < -0.4 is 10.6 Å². The second kappa shape index (κ2) is 8.99. The molecule has 25 heavy (non-hydrogen) atoms. The van der Waals surface area contributed by atoms with Gasteiger partial charge >= 0.3 is 0 Å². The Labute approximate surface area is 151 Å². The maximum absolute atomic E-state index is 13.0. The normalized spacial score (nSPS) is 18.9. The number of carbonyl (C=O) groups is 2. The molecule has 1 aliphatic heterocycles. The Balaban J connectivity index is 2.11. The first-order valence-corrected chi connectivity index (χ1v) is 9.25. The molecule has 0 bridgehead atoms. The molecule has 0 radical (unpaired) electrons. The molecule has 1 fully saturated rings. The summed E-state index contributed by atoms with van der Waals surface area (Å²) in [5, 5.41) is 6.25. The van der Waals surface area contributed by atoms with Crippen LogP contribution in [0.3, 0.4) is 0 Å². The predicted molar refractivity (Wildman–Crippen MR) is 101 cm³/mol. The van der Waals surface area contributed by atoms with Crippen molar-refractivity contribution in [1.29, 1.82) is 0 Å². The van der Waals surface area contributed by atoms with Crippen LogP contribution >= 0.6 is 0 Å². The lowest BCUT2D eigenvalue weighted by molar-refractivity contribution is -0.135. The summed E-state index contributed by atoms with van der Waals surface area (Å²) in [4.78, 5) is 27.6. The summed E-state index contributed by atoms with van der Waals surface area (Å²) in [5.74, 6) is 0.200. The fourth-order valence-corrected chi connectivity index (χ4v) is 3.39. The minimum absolute atomic E-state index is 0.0376. The molecule has 0 aliphatic carbocycles. The van der Waals surface area contributed by atoms with E-state index in [2.05, 4.69) is 24.5 Å². The number of hydrogen-bond donors (Lipinski definition) is 2. The summed E-state index contributed by atoms with van der Waals surface area (Å²) in [5.41, 5.74) is 1.56. The Morgan fingerprint density at radius 3 is 2.64 bits per heavy atom. The average Bonchev–Trinajstić information content (AvgIpc) is 2.60. The van der Waals surface area contributed by atoms with Gasteiger partial charge in [0, 0.05) is 24.7 Å². The molecule has 5 nitrogen and oxygen atoms in total. The van der Waals surface area contributed by atoms with Gasteiger partial charge in [0.1, 0.15) is 6.04 Å². The Hall–Kier alpha value is -1.88. The Morgan fingerprint density at radius 1 is 1.28 bits per heavy atom. The van der Waals surface area contributed by atoms with Crippen molar-refractivity contribution in [2.45, 2.75) is 52.1 Å². The first-order valence-electron chi connectivity index (χ1n) is 9.25. The summed E-state index contributed by atoms with van der Waals surface area (Å²) in [7, 11) is 1.93. The summed E-state index contributed by atoms with van der Waals surface area (Å²) in [6.45, 7) is 7.55. The summed E-state index contributed by atoms with van der Waals surface area (Å²) < 4.78 is 0. The van der Waals surface area contributed by atoms with Crippen molar-refractivity contribution in [2.24, 2.45) is 5.92 Å². The van der Waals surface area contributed by atoms with Crippen molar-refractivity contribution in [3.8, 4) is 0 Å². The molecule has 1 saturated heterocycles. The highest BCUT2D eigenvalue weighted by molar-refractivity contribution is 5.98. The number of likely N-dealkylation sites (N-methyl/N-ethyl adjacent to an activating group) is 1. The second-order valence-electron chi connectivity index (χ2n) is 7.38. The maximum atomic E-state index is 13.0. The van der Waals surface area contributed by atoms with Gasteiger partial charge in [-0.25, -0.2) is 0 Å². The third-order valence-corrected chi connectivity index (χ3v) is 4.84. The van der Waals surface area contributed by atoms with Gasteiger partial charge in [-0.2, -0.15) is 0 Å². The fraction of sp³-hybridized carbons (Fsp3) is 0.600. The van der Waals surface area contributed by atoms with Crippen molar-refractivity contribution in [3.05, 3.63) is 35.4 Å². The van der Waals surface area contributed by atoms with Crippen LogP contribution in [-0.4, -0.2) is 48.9 Å². The van der Waals surface area contributed by atoms with E-state index >= 15 is 0 Å². The number of carbonyl (C=O) groups excluding carboxylic acids is 2. The number of likely N-dealkylation sites (tertiary alicyclic amines) is 1. The van der Waals surface area contributed by atoms with Crippen molar-refractivity contribution >= 4 is 11.8 Å². The SMILES string of the molecule is CNC1CCCN(C(=O)C(CC(C)C)NC(=O)c2ccccc2C)C1. The molecule has 2 rings (SSSR count). The number of piperidine rings is 1. The molecule has 1 aromatic carbocycles. The van der Waals surface area contributed by atoms with Gasteiger partial charge in [0.2, 0.25) is 5.91 Å². The van der Waals surface area contributed by atoms with Crippen LogP contribution in [0.15, 0.2) is 24.3 Å². The van der Waals surface area contributed by atoms with Crippen LogP contribution in [0.5, 0.6) is 0 Å². The monoisotopic (exact) mass is 345 g/mol. The number of hydrogen-bond acceptors (Lipinski definition) is 3. The Kier molecular flexibility index (Phi) is 7.00. The van der Waals surface area contributed by atoms with E-state index in [4.69, 9.17) is 0 Å². The highest BCUT2D eigenvalue weighted by atomic mass is 16.2. The van der Waals surface area contributed by atoms with Gasteiger partial charge in [-0.3, -0.25) is 9.59 Å². The van der Waals surface area contributed by atoms with Crippen LogP contribution in [0.25, 0.3) is 0 Å². The Bertz CT molecular complexity index is 600. The van der Waals surface area contributed by atoms with Crippen LogP contribution in [0.1, 0.15) is 49.0 Å². The van der Waals surface area contributed by atoms with Gasteiger partial charge in [0.25, 0.3) is 5.91 Å². The molecule has 1 aliphatic rings. The minimum Gasteiger partial charge on any atom is -0.340 e. The molecule has 2 N–H and O–H groups in total. The molecule has 2 amide bonds. The topological polar surface area (TPSA) is 61.4 Å². The predicted octanol–water partition coefficient (Wildman–Crippen LogP) is 2.35. The number of nitrogens with one attached hydrogen (secondary N) is 2. The van der Waals surface area contributed by atoms with Gasteiger partial charge in [0.15, 0.2) is 0 Å².